The molecule has 0 fully saturated rings. The van der Waals surface area contributed by atoms with Crippen molar-refractivity contribution in [2.24, 2.45) is 5.92 Å². The molecule has 0 saturated carbocycles. The molecule has 0 aliphatic carbocycles. The summed E-state index contributed by atoms with van der Waals surface area (Å²) in [6.45, 7) is 8.45. The van der Waals surface area contributed by atoms with Crippen LogP contribution in [0.25, 0.3) is 0 Å². The average Bonchev–Trinajstić information content (AvgIpc) is 3.36. The van der Waals surface area contributed by atoms with Gasteiger partial charge < -0.3 is 20.1 Å². The lowest BCUT2D eigenvalue weighted by Gasteiger charge is -2.33. The monoisotopic (exact) mass is 584 g/mol. The molecule has 1 heterocycles. The fourth-order valence-corrected chi connectivity index (χ4v) is 4.85. The van der Waals surface area contributed by atoms with E-state index in [1.54, 1.807) is 30.7 Å². The van der Waals surface area contributed by atoms with Crippen LogP contribution in [0.1, 0.15) is 49.6 Å². The number of thiocarbonyl (C=S) groups is 1. The van der Waals surface area contributed by atoms with Crippen molar-refractivity contribution in [2.45, 2.75) is 52.7 Å². The van der Waals surface area contributed by atoms with Gasteiger partial charge >= 0.3 is 0 Å². The van der Waals surface area contributed by atoms with E-state index in [1.807, 2.05) is 40.7 Å². The number of benzene rings is 2. The number of carbonyl (C=O) groups is 1. The Labute approximate surface area is 246 Å². The highest BCUT2D eigenvalue weighted by molar-refractivity contribution is 7.80. The Hall–Kier alpha value is -3.12. The lowest BCUT2D eigenvalue weighted by molar-refractivity contribution is -0.121. The summed E-state index contributed by atoms with van der Waals surface area (Å²) in [5.41, 5.74) is 3.31. The molecule has 7 nitrogen and oxygen atoms in total. The van der Waals surface area contributed by atoms with Crippen LogP contribution >= 0.6 is 35.4 Å². The molecular weight excluding hydrogens is 551 g/mol. The number of amides is 1. The van der Waals surface area contributed by atoms with E-state index < -0.39 is 0 Å². The third-order valence-corrected chi connectivity index (χ3v) is 7.94. The molecule has 3 rings (SSSR count). The largest absolute Gasteiger partial charge is 0.363 e. The van der Waals surface area contributed by atoms with Crippen molar-refractivity contribution in [3.8, 4) is 6.07 Å². The van der Waals surface area contributed by atoms with Crippen LogP contribution in [0.4, 0.5) is 0 Å². The summed E-state index contributed by atoms with van der Waals surface area (Å²) in [6.07, 6.45) is 4.52. The minimum atomic E-state index is -0.146. The van der Waals surface area contributed by atoms with Crippen molar-refractivity contribution in [1.29, 1.82) is 5.26 Å². The predicted molar refractivity (Wildman–Crippen MR) is 161 cm³/mol. The number of nitrogens with one attached hydrogen (secondary N) is 2. The number of hydrogen-bond acceptors (Lipinski definition) is 4. The molecule has 0 aliphatic heterocycles. The van der Waals surface area contributed by atoms with Crippen molar-refractivity contribution < 1.29 is 4.79 Å². The fraction of sp³-hybridized carbons (Fsp3) is 0.379. The standard InChI is InChI=1S/C29H34Cl2N6OS/c1-4-20(3)26(18-36(29(39)34-5-2)17-23-7-6-8-25(30)28(23)31)35-27(38)13-24-15-33-19-37(24)16-22-11-9-21(14-32)10-12-22/h6-12,15,19-20,26H,4-5,13,16-18H2,1-3H3,(H,34,39)(H,35,38). The summed E-state index contributed by atoms with van der Waals surface area (Å²) in [5.74, 6) is 0.122. The molecule has 206 valence electrons. The minimum Gasteiger partial charge on any atom is -0.363 e. The number of rotatable bonds is 12. The van der Waals surface area contributed by atoms with E-state index in [0.29, 0.717) is 46.9 Å². The van der Waals surface area contributed by atoms with E-state index in [2.05, 4.69) is 35.5 Å². The fourth-order valence-electron chi connectivity index (χ4n) is 4.19. The van der Waals surface area contributed by atoms with Gasteiger partial charge in [-0.15, -0.1) is 0 Å². The van der Waals surface area contributed by atoms with Crippen LogP contribution in [0.15, 0.2) is 55.0 Å². The van der Waals surface area contributed by atoms with E-state index >= 15 is 0 Å². The zero-order valence-electron chi connectivity index (χ0n) is 22.5. The zero-order valence-corrected chi connectivity index (χ0v) is 24.8. The third-order valence-electron chi connectivity index (χ3n) is 6.68. The summed E-state index contributed by atoms with van der Waals surface area (Å²) in [7, 11) is 0. The van der Waals surface area contributed by atoms with Crippen LogP contribution in [0.2, 0.25) is 10.0 Å². The Morgan fingerprint density at radius 2 is 1.95 bits per heavy atom. The van der Waals surface area contributed by atoms with Crippen molar-refractivity contribution in [2.75, 3.05) is 13.1 Å². The van der Waals surface area contributed by atoms with Crippen molar-refractivity contribution >= 4 is 46.4 Å². The molecular formula is C29H34Cl2N6OS. The van der Waals surface area contributed by atoms with Gasteiger partial charge in [0, 0.05) is 44.1 Å². The van der Waals surface area contributed by atoms with E-state index in [9.17, 15) is 4.79 Å². The van der Waals surface area contributed by atoms with Crippen molar-refractivity contribution in [3.63, 3.8) is 0 Å². The van der Waals surface area contributed by atoms with Gasteiger partial charge in [-0.05, 0) is 54.4 Å². The van der Waals surface area contributed by atoms with Gasteiger partial charge in [-0.2, -0.15) is 5.26 Å². The molecule has 0 spiro atoms. The number of carbonyl (C=O) groups excluding carboxylic acids is 1. The van der Waals surface area contributed by atoms with Gasteiger partial charge in [0.2, 0.25) is 5.91 Å². The summed E-state index contributed by atoms with van der Waals surface area (Å²) in [6, 6.07) is 14.9. The SMILES string of the molecule is CCNC(=S)N(Cc1cccc(Cl)c1Cl)CC(NC(=O)Cc1cncn1Cc1ccc(C#N)cc1)C(C)CC. The maximum atomic E-state index is 13.3. The first-order chi connectivity index (χ1) is 18.7. The number of halogens is 2. The highest BCUT2D eigenvalue weighted by atomic mass is 35.5. The molecule has 39 heavy (non-hydrogen) atoms. The van der Waals surface area contributed by atoms with Crippen LogP contribution in [0.3, 0.4) is 0 Å². The highest BCUT2D eigenvalue weighted by Gasteiger charge is 2.24. The predicted octanol–water partition coefficient (Wildman–Crippen LogP) is 5.58. The molecule has 10 heteroatoms. The van der Waals surface area contributed by atoms with Crippen molar-refractivity contribution in [1.82, 2.24) is 25.1 Å². The number of hydrogen-bond donors (Lipinski definition) is 2. The summed E-state index contributed by atoms with van der Waals surface area (Å²) in [4.78, 5) is 19.6. The Bertz CT molecular complexity index is 1300. The summed E-state index contributed by atoms with van der Waals surface area (Å²) >= 11 is 18.4. The molecule has 0 radical (unpaired) electrons. The van der Waals surface area contributed by atoms with Gasteiger partial charge in [0.25, 0.3) is 0 Å². The molecule has 1 amide bonds. The smallest absolute Gasteiger partial charge is 0.226 e. The van der Waals surface area contributed by atoms with Crippen LogP contribution in [-0.4, -0.2) is 44.6 Å². The van der Waals surface area contributed by atoms with Gasteiger partial charge in [-0.3, -0.25) is 4.79 Å². The van der Waals surface area contributed by atoms with Crippen LogP contribution < -0.4 is 10.6 Å². The van der Waals surface area contributed by atoms with E-state index in [4.69, 9.17) is 40.7 Å². The Morgan fingerprint density at radius 1 is 1.21 bits per heavy atom. The van der Waals surface area contributed by atoms with Gasteiger partial charge in [0.1, 0.15) is 0 Å². The Balaban J connectivity index is 1.73. The second kappa shape index (κ2) is 14.9. The van der Waals surface area contributed by atoms with Crippen LogP contribution in [0.5, 0.6) is 0 Å². The van der Waals surface area contributed by atoms with Crippen molar-refractivity contribution in [3.05, 3.63) is 87.4 Å². The lowest BCUT2D eigenvalue weighted by Crippen LogP contribution is -2.51. The normalized spacial score (nSPS) is 12.3. The van der Waals surface area contributed by atoms with Gasteiger partial charge in [-0.1, -0.05) is 67.7 Å². The van der Waals surface area contributed by atoms with Gasteiger partial charge in [-0.25, -0.2) is 4.98 Å². The number of nitriles is 1. The molecule has 2 N–H and O–H groups in total. The first-order valence-electron chi connectivity index (χ1n) is 13.0. The number of nitrogens with zero attached hydrogens (tertiary/aromatic N) is 4. The second-order valence-electron chi connectivity index (χ2n) is 9.49. The summed E-state index contributed by atoms with van der Waals surface area (Å²) < 4.78 is 1.95. The van der Waals surface area contributed by atoms with E-state index in [0.717, 1.165) is 23.2 Å². The molecule has 0 aliphatic rings. The quantitative estimate of drug-likeness (QED) is 0.270. The Kier molecular flexibility index (Phi) is 11.6. The second-order valence-corrected chi connectivity index (χ2v) is 10.7. The number of imidazole rings is 1. The van der Waals surface area contributed by atoms with E-state index in [-0.39, 0.29) is 24.3 Å². The maximum Gasteiger partial charge on any atom is 0.226 e. The molecule has 0 bridgehead atoms. The lowest BCUT2D eigenvalue weighted by atomic mass is 9.98. The zero-order chi connectivity index (χ0) is 28.4. The summed E-state index contributed by atoms with van der Waals surface area (Å²) in [5, 5.41) is 17.1. The third kappa shape index (κ3) is 8.69. The van der Waals surface area contributed by atoms with Gasteiger partial charge in [0.15, 0.2) is 5.11 Å². The molecule has 1 aromatic heterocycles. The van der Waals surface area contributed by atoms with Crippen LogP contribution in [0, 0.1) is 17.2 Å². The molecule has 2 atom stereocenters. The van der Waals surface area contributed by atoms with E-state index in [1.165, 1.54) is 0 Å². The first-order valence-corrected chi connectivity index (χ1v) is 14.1. The molecule has 2 aromatic carbocycles. The molecule has 2 unspecified atom stereocenters. The molecule has 3 aromatic rings. The van der Waals surface area contributed by atoms with Crippen LogP contribution in [-0.2, 0) is 24.3 Å². The maximum absolute atomic E-state index is 13.3. The van der Waals surface area contributed by atoms with Gasteiger partial charge in [0.05, 0.1) is 34.4 Å². The average molecular weight is 586 g/mol. The molecule has 0 saturated heterocycles. The Morgan fingerprint density at radius 3 is 2.62 bits per heavy atom. The highest BCUT2D eigenvalue weighted by Crippen LogP contribution is 2.27. The topological polar surface area (TPSA) is 86.0 Å². The number of aromatic nitrogens is 2. The minimum absolute atomic E-state index is 0.0861. The first kappa shape index (κ1) is 30.4.